The van der Waals surface area contributed by atoms with Gasteiger partial charge in [0.25, 0.3) is 0 Å². The average Bonchev–Trinajstić information content (AvgIpc) is 3.25. The van der Waals surface area contributed by atoms with Crippen molar-refractivity contribution in [2.24, 2.45) is 0 Å². The highest BCUT2D eigenvalue weighted by molar-refractivity contribution is 5.78. The summed E-state index contributed by atoms with van der Waals surface area (Å²) in [4.78, 5) is 36.4. The van der Waals surface area contributed by atoms with Crippen LogP contribution in [0.5, 0.6) is 0 Å². The van der Waals surface area contributed by atoms with E-state index in [9.17, 15) is 9.59 Å². The molecule has 0 saturated carbocycles. The van der Waals surface area contributed by atoms with Gasteiger partial charge in [-0.2, -0.15) is 0 Å². The van der Waals surface area contributed by atoms with Crippen LogP contribution in [0.4, 0.5) is 0 Å². The molecule has 1 fully saturated rings. The Labute approximate surface area is 185 Å². The third-order valence-electron chi connectivity index (χ3n) is 5.83. The molecule has 3 rings (SSSR count). The smallest absolute Gasteiger partial charge is 0.234 e. The number of carbonyl (C=O) groups is 2. The fraction of sp³-hybridized carbons (Fsp3) is 0.542. The summed E-state index contributed by atoms with van der Waals surface area (Å²) in [7, 11) is 2.11. The molecule has 2 N–H and O–H groups in total. The lowest BCUT2D eigenvalue weighted by molar-refractivity contribution is -0.123. The number of ketones is 1. The Hall–Kier alpha value is -2.51. The second-order valence-electron chi connectivity index (χ2n) is 8.55. The number of piperazine rings is 1. The minimum Gasteiger partial charge on any atom is -0.345 e. The topological polar surface area (TPSA) is 81.3 Å². The minimum atomic E-state index is -0.158. The molecular formula is C24H35N5O2. The number of likely N-dealkylation sites (N-methyl/N-ethyl adjacent to an activating group) is 1. The van der Waals surface area contributed by atoms with Crippen LogP contribution >= 0.6 is 0 Å². The summed E-state index contributed by atoms with van der Waals surface area (Å²) in [6.45, 7) is 5.87. The first-order valence-corrected chi connectivity index (χ1v) is 11.3. The lowest BCUT2D eigenvalue weighted by Crippen LogP contribution is -2.48. The van der Waals surface area contributed by atoms with Gasteiger partial charge >= 0.3 is 0 Å². The van der Waals surface area contributed by atoms with E-state index >= 15 is 0 Å². The summed E-state index contributed by atoms with van der Waals surface area (Å²) in [6, 6.07) is 9.92. The van der Waals surface area contributed by atoms with E-state index in [2.05, 4.69) is 32.1 Å². The summed E-state index contributed by atoms with van der Waals surface area (Å²) in [5, 5.41) is 3.20. The maximum Gasteiger partial charge on any atom is 0.234 e. The monoisotopic (exact) mass is 425 g/mol. The molecule has 0 aliphatic carbocycles. The lowest BCUT2D eigenvalue weighted by atomic mass is 10.1. The zero-order valence-electron chi connectivity index (χ0n) is 18.8. The maximum atomic E-state index is 12.8. The Morgan fingerprint density at radius 1 is 1.10 bits per heavy atom. The van der Waals surface area contributed by atoms with Crippen molar-refractivity contribution in [3.8, 4) is 11.3 Å². The molecule has 1 amide bonds. The van der Waals surface area contributed by atoms with Crippen LogP contribution in [-0.4, -0.2) is 71.2 Å². The van der Waals surface area contributed by atoms with Crippen molar-refractivity contribution in [1.82, 2.24) is 25.1 Å². The maximum absolute atomic E-state index is 12.8. The van der Waals surface area contributed by atoms with Crippen molar-refractivity contribution in [2.75, 3.05) is 39.8 Å². The van der Waals surface area contributed by atoms with Crippen LogP contribution in [-0.2, 0) is 9.59 Å². The number of benzene rings is 1. The zero-order chi connectivity index (χ0) is 22.1. The van der Waals surface area contributed by atoms with E-state index in [1.54, 1.807) is 6.92 Å². The highest BCUT2D eigenvalue weighted by Crippen LogP contribution is 2.22. The van der Waals surface area contributed by atoms with Gasteiger partial charge in [-0.3, -0.25) is 9.69 Å². The van der Waals surface area contributed by atoms with Gasteiger partial charge in [0.1, 0.15) is 11.6 Å². The van der Waals surface area contributed by atoms with Gasteiger partial charge in [0.05, 0.1) is 24.5 Å². The van der Waals surface area contributed by atoms with Crippen LogP contribution in [0.2, 0.25) is 0 Å². The number of nitrogens with zero attached hydrogens (tertiary/aromatic N) is 3. The lowest BCUT2D eigenvalue weighted by Gasteiger charge is -2.32. The Kier molecular flexibility index (Phi) is 8.79. The first-order chi connectivity index (χ1) is 15.0. The largest absolute Gasteiger partial charge is 0.345 e. The number of unbranched alkanes of at least 4 members (excludes halogenated alkanes) is 2. The van der Waals surface area contributed by atoms with Gasteiger partial charge in [-0.25, -0.2) is 4.98 Å². The minimum absolute atomic E-state index is 0.0379. The number of amides is 1. The third-order valence-corrected chi connectivity index (χ3v) is 5.83. The number of aromatic amines is 1. The van der Waals surface area contributed by atoms with Crippen molar-refractivity contribution in [2.45, 2.75) is 45.1 Å². The molecule has 1 aliphatic rings. The molecule has 2 aromatic rings. The number of rotatable bonds is 11. The van der Waals surface area contributed by atoms with Crippen molar-refractivity contribution in [3.63, 3.8) is 0 Å². The van der Waals surface area contributed by atoms with Crippen LogP contribution in [0.3, 0.4) is 0 Å². The summed E-state index contributed by atoms with van der Waals surface area (Å²) >= 11 is 0. The van der Waals surface area contributed by atoms with E-state index in [0.717, 1.165) is 68.9 Å². The first-order valence-electron chi connectivity index (χ1n) is 11.3. The van der Waals surface area contributed by atoms with Crippen LogP contribution in [0, 0.1) is 0 Å². The molecule has 1 aliphatic heterocycles. The fourth-order valence-corrected chi connectivity index (χ4v) is 3.90. The second kappa shape index (κ2) is 11.8. The third kappa shape index (κ3) is 7.60. The quantitative estimate of drug-likeness (QED) is 0.541. The number of imidazole rings is 1. The number of aromatic nitrogens is 2. The van der Waals surface area contributed by atoms with E-state index in [-0.39, 0.29) is 17.7 Å². The predicted molar refractivity (Wildman–Crippen MR) is 123 cm³/mol. The molecule has 7 heteroatoms. The molecule has 1 saturated heterocycles. The second-order valence-corrected chi connectivity index (χ2v) is 8.55. The van der Waals surface area contributed by atoms with Crippen LogP contribution < -0.4 is 5.32 Å². The van der Waals surface area contributed by atoms with Gasteiger partial charge in [-0.15, -0.1) is 0 Å². The average molecular weight is 426 g/mol. The van der Waals surface area contributed by atoms with E-state index < -0.39 is 0 Å². The molecule has 2 heterocycles. The molecular weight excluding hydrogens is 390 g/mol. The normalized spacial score (nSPS) is 16.2. The van der Waals surface area contributed by atoms with Gasteiger partial charge in [-0.1, -0.05) is 43.2 Å². The molecule has 1 aromatic heterocycles. The molecule has 0 unspecified atom stereocenters. The number of hydrogen-bond donors (Lipinski definition) is 2. The highest BCUT2D eigenvalue weighted by Gasteiger charge is 2.21. The Bertz CT molecular complexity index is 828. The summed E-state index contributed by atoms with van der Waals surface area (Å²) in [5.41, 5.74) is 2.02. The zero-order valence-corrected chi connectivity index (χ0v) is 18.8. The van der Waals surface area contributed by atoms with Gasteiger partial charge in [0.2, 0.25) is 5.91 Å². The predicted octanol–water partition coefficient (Wildman–Crippen LogP) is 3.02. The Balaban J connectivity index is 1.61. The Morgan fingerprint density at radius 2 is 1.84 bits per heavy atom. The summed E-state index contributed by atoms with van der Waals surface area (Å²) in [5.74, 6) is 1.06. The number of Topliss-reactive ketones (excluding diaryl/α,β-unsaturated/α-hetero) is 1. The number of nitrogens with one attached hydrogen (secondary N) is 2. The number of H-pyrrole nitrogens is 1. The van der Waals surface area contributed by atoms with Crippen LogP contribution in [0.1, 0.15) is 50.9 Å². The van der Waals surface area contributed by atoms with Crippen molar-refractivity contribution in [1.29, 1.82) is 0 Å². The highest BCUT2D eigenvalue weighted by atomic mass is 16.2. The van der Waals surface area contributed by atoms with Gasteiger partial charge in [0.15, 0.2) is 0 Å². The Morgan fingerprint density at radius 3 is 2.55 bits per heavy atom. The first kappa shape index (κ1) is 23.2. The molecule has 0 spiro atoms. The van der Waals surface area contributed by atoms with Crippen molar-refractivity contribution >= 4 is 11.7 Å². The van der Waals surface area contributed by atoms with Crippen molar-refractivity contribution < 1.29 is 9.59 Å². The molecule has 1 atom stereocenters. The van der Waals surface area contributed by atoms with Crippen LogP contribution in [0.15, 0.2) is 36.5 Å². The van der Waals surface area contributed by atoms with Gasteiger partial charge < -0.3 is 20.0 Å². The van der Waals surface area contributed by atoms with E-state index in [1.165, 1.54) is 0 Å². The number of hydrogen-bond acceptors (Lipinski definition) is 5. The summed E-state index contributed by atoms with van der Waals surface area (Å²) < 4.78 is 0. The van der Waals surface area contributed by atoms with Gasteiger partial charge in [0, 0.05) is 32.6 Å². The molecule has 0 bridgehead atoms. The van der Waals surface area contributed by atoms with E-state index in [1.807, 2.05) is 36.5 Å². The van der Waals surface area contributed by atoms with Gasteiger partial charge in [-0.05, 0) is 32.4 Å². The van der Waals surface area contributed by atoms with E-state index in [4.69, 9.17) is 0 Å². The fourth-order valence-electron chi connectivity index (χ4n) is 3.90. The van der Waals surface area contributed by atoms with Crippen molar-refractivity contribution in [3.05, 3.63) is 42.4 Å². The standard InChI is InChI=1S/C24H35N5O2/c1-19(30)9-5-3-8-12-21(26-23(31)18-29-15-13-28(2)14-16-29)24-25-17-22(27-24)20-10-6-4-7-11-20/h4,6-7,10-11,17,21H,3,5,8-9,12-16,18H2,1-2H3,(H,25,27)(H,26,31)/t21-/m0/s1. The molecule has 168 valence electrons. The number of carbonyl (C=O) groups excluding carboxylic acids is 2. The molecule has 7 nitrogen and oxygen atoms in total. The SMILES string of the molecule is CC(=O)CCCCC[C@H](NC(=O)CN1CCN(C)CC1)c1ncc(-c2ccccc2)[nH]1. The molecule has 0 radical (unpaired) electrons. The molecule has 31 heavy (non-hydrogen) atoms. The van der Waals surface area contributed by atoms with Crippen LogP contribution in [0.25, 0.3) is 11.3 Å². The summed E-state index contributed by atoms with van der Waals surface area (Å²) in [6.07, 6.45) is 6.06. The molecule has 1 aromatic carbocycles. The van der Waals surface area contributed by atoms with E-state index in [0.29, 0.717) is 13.0 Å².